The number of amides is 1. The largest absolute Gasteiger partial charge is 0.484 e. The summed E-state index contributed by atoms with van der Waals surface area (Å²) in [5, 5.41) is 2.74. The minimum absolute atomic E-state index is 0.0128. The van der Waals surface area contributed by atoms with Gasteiger partial charge < -0.3 is 10.1 Å². The molecule has 0 bridgehead atoms. The lowest BCUT2D eigenvalue weighted by molar-refractivity contribution is -0.121. The zero-order valence-corrected chi connectivity index (χ0v) is 19.9. The Labute approximate surface area is 204 Å². The second-order valence-corrected chi connectivity index (χ2v) is 9.72. The maximum atomic E-state index is 13.6. The fourth-order valence-corrected chi connectivity index (χ4v) is 5.39. The Hall–Kier alpha value is -4.17. The number of aryl methyl sites for hydroxylation is 1. The zero-order valence-electron chi connectivity index (χ0n) is 19.1. The van der Waals surface area contributed by atoms with Crippen LogP contribution < -0.4 is 10.1 Å². The van der Waals surface area contributed by atoms with Crippen molar-refractivity contribution < 1.29 is 22.7 Å². The van der Waals surface area contributed by atoms with E-state index in [1.807, 2.05) is 19.1 Å². The van der Waals surface area contributed by atoms with Crippen molar-refractivity contribution in [3.63, 3.8) is 0 Å². The molecule has 0 aromatic heterocycles. The second kappa shape index (κ2) is 9.99. The Kier molecular flexibility index (Phi) is 6.84. The summed E-state index contributed by atoms with van der Waals surface area (Å²) < 4.78 is 33.5. The molecule has 1 N–H and O–H groups in total. The third-order valence-electron chi connectivity index (χ3n) is 5.41. The number of ketones is 1. The van der Waals surface area contributed by atoms with Crippen molar-refractivity contribution in [2.45, 2.75) is 11.8 Å². The average Bonchev–Trinajstić information content (AvgIpc) is 2.87. The average molecular weight is 489 g/mol. The molecule has 0 atom stereocenters. The van der Waals surface area contributed by atoms with Gasteiger partial charge in [0, 0.05) is 11.1 Å². The van der Waals surface area contributed by atoms with E-state index < -0.39 is 21.7 Å². The molecule has 3 aromatic rings. The lowest BCUT2D eigenvalue weighted by Gasteiger charge is -2.33. The predicted octanol–water partition coefficient (Wildman–Crippen LogP) is 3.93. The van der Waals surface area contributed by atoms with Gasteiger partial charge >= 0.3 is 0 Å². The van der Waals surface area contributed by atoms with Crippen LogP contribution >= 0.6 is 0 Å². The number of carbonyl (C=O) groups is 2. The first kappa shape index (κ1) is 24.0. The SMILES string of the molecule is C=CCN1C(C(=O)c2ccccc2)=C(NC(=O)COc2ccc(C)cc2)c2ccccc2S1(=O)=O. The van der Waals surface area contributed by atoms with Crippen LogP contribution in [0.5, 0.6) is 5.75 Å². The number of hydrogen-bond donors (Lipinski definition) is 1. The number of carbonyl (C=O) groups excluding carboxylic acids is 2. The third kappa shape index (κ3) is 4.88. The summed E-state index contributed by atoms with van der Waals surface area (Å²) in [6, 6.07) is 21.8. The highest BCUT2D eigenvalue weighted by Crippen LogP contribution is 2.36. The molecule has 7 nitrogen and oxygen atoms in total. The number of fused-ring (bicyclic) bond motifs is 1. The van der Waals surface area contributed by atoms with Gasteiger partial charge in [-0.15, -0.1) is 6.58 Å². The molecule has 35 heavy (non-hydrogen) atoms. The molecular formula is C27H24N2O5S. The van der Waals surface area contributed by atoms with E-state index in [4.69, 9.17) is 4.74 Å². The number of sulfonamides is 1. The zero-order chi connectivity index (χ0) is 25.0. The van der Waals surface area contributed by atoms with E-state index in [2.05, 4.69) is 11.9 Å². The Morgan fingerprint density at radius 2 is 1.63 bits per heavy atom. The molecule has 0 saturated carbocycles. The lowest BCUT2D eigenvalue weighted by atomic mass is 10.0. The van der Waals surface area contributed by atoms with Gasteiger partial charge in [0.2, 0.25) is 5.78 Å². The molecular weight excluding hydrogens is 464 g/mol. The molecule has 4 rings (SSSR count). The Balaban J connectivity index is 1.79. The van der Waals surface area contributed by atoms with Crippen LogP contribution in [0.15, 0.2) is 102 Å². The van der Waals surface area contributed by atoms with Crippen LogP contribution in [-0.4, -0.2) is 37.6 Å². The van der Waals surface area contributed by atoms with Crippen LogP contribution in [0.2, 0.25) is 0 Å². The molecule has 1 aliphatic heterocycles. The molecule has 0 radical (unpaired) electrons. The fraction of sp³-hybridized carbons (Fsp3) is 0.111. The molecule has 1 amide bonds. The maximum Gasteiger partial charge on any atom is 0.265 e. The lowest BCUT2D eigenvalue weighted by Crippen LogP contribution is -2.42. The first-order chi connectivity index (χ1) is 16.8. The summed E-state index contributed by atoms with van der Waals surface area (Å²) in [7, 11) is -4.07. The van der Waals surface area contributed by atoms with Crippen LogP contribution in [0.25, 0.3) is 5.70 Å². The predicted molar refractivity (Wildman–Crippen MR) is 133 cm³/mol. The number of nitrogens with one attached hydrogen (secondary N) is 1. The number of Topliss-reactive ketones (excluding diaryl/α,β-unsaturated/α-hetero) is 1. The number of benzene rings is 3. The van der Waals surface area contributed by atoms with Crippen LogP contribution in [-0.2, 0) is 14.8 Å². The number of nitrogens with zero attached hydrogens (tertiary/aromatic N) is 1. The summed E-state index contributed by atoms with van der Waals surface area (Å²) in [5.74, 6) is -0.563. The molecule has 8 heteroatoms. The van der Waals surface area contributed by atoms with E-state index in [0.29, 0.717) is 5.75 Å². The molecule has 0 spiro atoms. The highest BCUT2D eigenvalue weighted by molar-refractivity contribution is 7.89. The number of ether oxygens (including phenoxy) is 1. The monoisotopic (exact) mass is 488 g/mol. The van der Waals surface area contributed by atoms with Gasteiger partial charge in [-0.2, -0.15) is 0 Å². The molecule has 1 aliphatic rings. The number of rotatable bonds is 8. The first-order valence-electron chi connectivity index (χ1n) is 10.9. The minimum Gasteiger partial charge on any atom is -0.484 e. The van der Waals surface area contributed by atoms with Crippen LogP contribution in [0.4, 0.5) is 0 Å². The van der Waals surface area contributed by atoms with E-state index in [1.54, 1.807) is 60.7 Å². The minimum atomic E-state index is -4.07. The molecule has 3 aromatic carbocycles. The van der Waals surface area contributed by atoms with Crippen molar-refractivity contribution in [3.05, 3.63) is 114 Å². The van der Waals surface area contributed by atoms with E-state index >= 15 is 0 Å². The highest BCUT2D eigenvalue weighted by Gasteiger charge is 2.40. The maximum absolute atomic E-state index is 13.6. The van der Waals surface area contributed by atoms with Gasteiger partial charge in [-0.3, -0.25) is 13.9 Å². The second-order valence-electron chi connectivity index (χ2n) is 7.89. The standard InChI is InChI=1S/C27H24N2O5S/c1-3-17-29-26(27(31)20-9-5-4-6-10-20)25(22-11-7-8-12-23(22)35(29,32)33)28-24(30)18-34-21-15-13-19(2)14-16-21/h3-16H,1,17-18H2,2H3,(H,28,30). The third-order valence-corrected chi connectivity index (χ3v) is 7.24. The molecule has 0 aliphatic carbocycles. The summed E-state index contributed by atoms with van der Waals surface area (Å²) in [4.78, 5) is 26.5. The van der Waals surface area contributed by atoms with Crippen molar-refractivity contribution in [3.8, 4) is 5.75 Å². The first-order valence-corrected chi connectivity index (χ1v) is 12.3. The number of allylic oxidation sites excluding steroid dienone is 1. The normalized spacial score (nSPS) is 14.1. The Morgan fingerprint density at radius 3 is 2.31 bits per heavy atom. The van der Waals surface area contributed by atoms with Crippen molar-refractivity contribution in [2.75, 3.05) is 13.2 Å². The van der Waals surface area contributed by atoms with Crippen molar-refractivity contribution in [2.24, 2.45) is 0 Å². The topological polar surface area (TPSA) is 92.8 Å². The van der Waals surface area contributed by atoms with Gasteiger partial charge in [0.25, 0.3) is 15.9 Å². The molecule has 0 saturated heterocycles. The summed E-state index contributed by atoms with van der Waals surface area (Å²) in [5.41, 5.74) is 1.52. The molecule has 0 fully saturated rings. The molecule has 0 unspecified atom stereocenters. The van der Waals surface area contributed by atoms with Crippen LogP contribution in [0, 0.1) is 6.92 Å². The van der Waals surface area contributed by atoms with Gasteiger partial charge in [0.05, 0.1) is 17.1 Å². The van der Waals surface area contributed by atoms with Crippen LogP contribution in [0.3, 0.4) is 0 Å². The van der Waals surface area contributed by atoms with E-state index in [-0.39, 0.29) is 40.6 Å². The fourth-order valence-electron chi connectivity index (χ4n) is 3.73. The summed E-state index contributed by atoms with van der Waals surface area (Å²) >= 11 is 0. The highest BCUT2D eigenvalue weighted by atomic mass is 32.2. The van der Waals surface area contributed by atoms with Gasteiger partial charge in [0.15, 0.2) is 6.61 Å². The summed E-state index contributed by atoms with van der Waals surface area (Å²) in [6.07, 6.45) is 1.39. The van der Waals surface area contributed by atoms with E-state index in [9.17, 15) is 18.0 Å². The smallest absolute Gasteiger partial charge is 0.265 e. The van der Waals surface area contributed by atoms with Crippen molar-refractivity contribution in [1.29, 1.82) is 0 Å². The number of hydrogen-bond acceptors (Lipinski definition) is 5. The Morgan fingerprint density at radius 1 is 0.971 bits per heavy atom. The molecule has 178 valence electrons. The van der Waals surface area contributed by atoms with Crippen molar-refractivity contribution >= 4 is 27.4 Å². The van der Waals surface area contributed by atoms with Crippen LogP contribution in [0.1, 0.15) is 21.5 Å². The van der Waals surface area contributed by atoms with Gasteiger partial charge in [-0.1, -0.05) is 72.3 Å². The van der Waals surface area contributed by atoms with Gasteiger partial charge in [-0.05, 0) is 25.1 Å². The summed E-state index contributed by atoms with van der Waals surface area (Å²) in [6.45, 7) is 5.12. The van der Waals surface area contributed by atoms with E-state index in [1.165, 1.54) is 12.1 Å². The molecule has 1 heterocycles. The van der Waals surface area contributed by atoms with Gasteiger partial charge in [0.1, 0.15) is 11.4 Å². The van der Waals surface area contributed by atoms with Gasteiger partial charge in [-0.25, -0.2) is 8.42 Å². The van der Waals surface area contributed by atoms with Crippen molar-refractivity contribution in [1.82, 2.24) is 9.62 Å². The Bertz CT molecular complexity index is 1410. The van der Waals surface area contributed by atoms with E-state index in [0.717, 1.165) is 9.87 Å². The quantitative estimate of drug-likeness (QED) is 0.383.